The van der Waals surface area contributed by atoms with Gasteiger partial charge in [0.2, 0.25) is 17.7 Å². The van der Waals surface area contributed by atoms with E-state index in [9.17, 15) is 24.3 Å². The van der Waals surface area contributed by atoms with Gasteiger partial charge in [0.1, 0.15) is 18.1 Å². The monoisotopic (exact) mass is 538 g/mol. The van der Waals surface area contributed by atoms with Crippen LogP contribution in [-0.4, -0.2) is 53.0 Å². The van der Waals surface area contributed by atoms with Crippen LogP contribution in [0.5, 0.6) is 0 Å². The average molecular weight is 539 g/mol. The smallest absolute Gasteiger partial charge is 0.326 e. The van der Waals surface area contributed by atoms with Crippen molar-refractivity contribution in [3.8, 4) is 0 Å². The van der Waals surface area contributed by atoms with Crippen molar-refractivity contribution >= 4 is 23.7 Å². The van der Waals surface area contributed by atoms with Crippen molar-refractivity contribution in [3.63, 3.8) is 0 Å². The number of carbonyl (C=O) groups excluding carboxylic acids is 3. The Labute approximate surface area is 230 Å². The van der Waals surface area contributed by atoms with Crippen LogP contribution in [0.15, 0.2) is 60.7 Å². The van der Waals surface area contributed by atoms with Crippen LogP contribution in [0.25, 0.3) is 0 Å². The third-order valence-corrected chi connectivity index (χ3v) is 7.17. The Bertz CT molecular complexity index is 1080. The lowest BCUT2D eigenvalue weighted by Crippen LogP contribution is -2.59. The summed E-state index contributed by atoms with van der Waals surface area (Å²) in [4.78, 5) is 51.7. The van der Waals surface area contributed by atoms with Crippen LogP contribution >= 0.6 is 0 Å². The van der Waals surface area contributed by atoms with Crippen molar-refractivity contribution in [1.29, 1.82) is 0 Å². The van der Waals surface area contributed by atoms with E-state index < -0.39 is 47.9 Å². The molecule has 0 aromatic heterocycles. The number of hydrogen-bond donors (Lipinski definition) is 5. The molecule has 0 heterocycles. The van der Waals surface area contributed by atoms with E-state index in [-0.39, 0.29) is 24.7 Å². The van der Waals surface area contributed by atoms with Gasteiger partial charge in [-0.3, -0.25) is 14.4 Å². The summed E-state index contributed by atoms with van der Waals surface area (Å²) < 4.78 is 0. The highest BCUT2D eigenvalue weighted by Gasteiger charge is 2.32. The van der Waals surface area contributed by atoms with E-state index in [2.05, 4.69) is 16.0 Å². The number of carboxylic acids is 1. The van der Waals surface area contributed by atoms with Gasteiger partial charge in [-0.05, 0) is 23.0 Å². The summed E-state index contributed by atoms with van der Waals surface area (Å²) in [7, 11) is 0. The minimum atomic E-state index is -1.14. The summed E-state index contributed by atoms with van der Waals surface area (Å²) >= 11 is 0. The lowest BCUT2D eigenvalue weighted by Gasteiger charge is -2.27. The van der Waals surface area contributed by atoms with Crippen LogP contribution in [0.1, 0.15) is 51.7 Å². The van der Waals surface area contributed by atoms with Gasteiger partial charge in [0.15, 0.2) is 0 Å². The van der Waals surface area contributed by atoms with E-state index in [1.165, 1.54) is 0 Å². The van der Waals surface area contributed by atoms with Crippen molar-refractivity contribution in [2.24, 2.45) is 17.6 Å². The number of aliphatic carboxylic acids is 1. The number of rotatable bonds is 15. The molecule has 2 aromatic rings. The molecular formula is C30H42N4O5. The first kappa shape index (κ1) is 31.5. The largest absolute Gasteiger partial charge is 0.480 e. The first-order chi connectivity index (χ1) is 18.6. The second-order valence-corrected chi connectivity index (χ2v) is 10.1. The fourth-order valence-electron chi connectivity index (χ4n) is 4.11. The summed E-state index contributed by atoms with van der Waals surface area (Å²) in [5.74, 6) is -3.17. The maximum Gasteiger partial charge on any atom is 0.326 e. The Kier molecular flexibility index (Phi) is 12.6. The number of benzene rings is 2. The summed E-state index contributed by atoms with van der Waals surface area (Å²) in [5, 5.41) is 17.8. The third kappa shape index (κ3) is 9.83. The number of carbonyl (C=O) groups is 4. The minimum absolute atomic E-state index is 0.0875. The van der Waals surface area contributed by atoms with Gasteiger partial charge in [-0.25, -0.2) is 4.79 Å². The molecule has 0 aliphatic rings. The number of hydrogen-bond acceptors (Lipinski definition) is 5. The lowest BCUT2D eigenvalue weighted by atomic mass is 9.97. The molecule has 0 spiro atoms. The quantitative estimate of drug-likeness (QED) is 0.235. The van der Waals surface area contributed by atoms with Crippen molar-refractivity contribution < 1.29 is 24.3 Å². The minimum Gasteiger partial charge on any atom is -0.480 e. The van der Waals surface area contributed by atoms with Gasteiger partial charge in [-0.15, -0.1) is 0 Å². The van der Waals surface area contributed by atoms with Crippen molar-refractivity contribution in [1.82, 2.24) is 16.0 Å². The van der Waals surface area contributed by atoms with Gasteiger partial charge in [0.25, 0.3) is 0 Å². The van der Waals surface area contributed by atoms with Gasteiger partial charge >= 0.3 is 5.97 Å². The molecule has 6 atom stereocenters. The standard InChI is InChI=1S/C30H42N4O5/c1-5-19(3)25(31)29(37)33-23(17-21-13-9-7-10-14-21)27(35)32-24(18-22-15-11-8-12-16-22)28(36)34-26(30(38)39)20(4)6-2/h7-16,19-20,23-26H,5-6,17-18,31H2,1-4H3,(H,32,35)(H,33,37)(H,34,36)(H,38,39). The summed E-state index contributed by atoms with van der Waals surface area (Å²) in [6.07, 6.45) is 1.58. The first-order valence-corrected chi connectivity index (χ1v) is 13.5. The zero-order valence-corrected chi connectivity index (χ0v) is 23.2. The molecule has 2 aromatic carbocycles. The highest BCUT2D eigenvalue weighted by atomic mass is 16.4. The van der Waals surface area contributed by atoms with E-state index in [0.29, 0.717) is 12.8 Å². The van der Waals surface area contributed by atoms with Crippen LogP contribution in [0.2, 0.25) is 0 Å². The summed E-state index contributed by atoms with van der Waals surface area (Å²) in [6, 6.07) is 14.4. The Balaban J connectivity index is 2.32. The third-order valence-electron chi connectivity index (χ3n) is 7.17. The SMILES string of the molecule is CCC(C)C(N)C(=O)NC(Cc1ccccc1)C(=O)NC(Cc1ccccc1)C(=O)NC(C(=O)O)C(C)CC. The maximum absolute atomic E-state index is 13.6. The van der Waals surface area contributed by atoms with Crippen LogP contribution in [-0.2, 0) is 32.0 Å². The highest BCUT2D eigenvalue weighted by Crippen LogP contribution is 2.12. The molecule has 39 heavy (non-hydrogen) atoms. The summed E-state index contributed by atoms with van der Waals surface area (Å²) in [5.41, 5.74) is 7.73. The molecule has 3 amide bonds. The topological polar surface area (TPSA) is 151 Å². The zero-order valence-electron chi connectivity index (χ0n) is 23.2. The van der Waals surface area contributed by atoms with Crippen molar-refractivity contribution in [2.75, 3.05) is 0 Å². The molecule has 2 rings (SSSR count). The molecule has 0 aliphatic heterocycles. The van der Waals surface area contributed by atoms with E-state index in [0.717, 1.165) is 11.1 Å². The Morgan fingerprint density at radius 2 is 1.10 bits per heavy atom. The summed E-state index contributed by atoms with van der Waals surface area (Å²) in [6.45, 7) is 7.39. The molecule has 0 aliphatic carbocycles. The molecule has 0 bridgehead atoms. The average Bonchev–Trinajstić information content (AvgIpc) is 2.94. The highest BCUT2D eigenvalue weighted by molar-refractivity contribution is 5.94. The van der Waals surface area contributed by atoms with E-state index >= 15 is 0 Å². The van der Waals surface area contributed by atoms with Crippen molar-refractivity contribution in [3.05, 3.63) is 71.8 Å². The van der Waals surface area contributed by atoms with E-state index in [4.69, 9.17) is 5.73 Å². The van der Waals surface area contributed by atoms with Crippen LogP contribution in [0.3, 0.4) is 0 Å². The molecule has 0 saturated carbocycles. The molecule has 6 N–H and O–H groups in total. The molecule has 0 radical (unpaired) electrons. The van der Waals surface area contributed by atoms with Crippen molar-refractivity contribution in [2.45, 2.75) is 77.5 Å². The fourth-order valence-corrected chi connectivity index (χ4v) is 4.11. The van der Waals surface area contributed by atoms with Gasteiger partial charge in [0.05, 0.1) is 6.04 Å². The van der Waals surface area contributed by atoms with E-state index in [1.807, 2.05) is 81.4 Å². The predicted octanol–water partition coefficient (Wildman–Crippen LogP) is 2.43. The van der Waals surface area contributed by atoms with Gasteiger partial charge in [-0.1, -0.05) is 101 Å². The number of amides is 3. The van der Waals surface area contributed by atoms with Gasteiger partial charge in [-0.2, -0.15) is 0 Å². The van der Waals surface area contributed by atoms with E-state index in [1.54, 1.807) is 6.92 Å². The molecule has 0 fully saturated rings. The Hall–Kier alpha value is -3.72. The zero-order chi connectivity index (χ0) is 28.9. The van der Waals surface area contributed by atoms with Gasteiger partial charge < -0.3 is 26.8 Å². The lowest BCUT2D eigenvalue weighted by molar-refractivity contribution is -0.143. The molecule has 212 valence electrons. The molecular weight excluding hydrogens is 496 g/mol. The molecule has 6 unspecified atom stereocenters. The van der Waals surface area contributed by atoms with Crippen LogP contribution in [0, 0.1) is 11.8 Å². The molecule has 9 heteroatoms. The fraction of sp³-hybridized carbons (Fsp3) is 0.467. The van der Waals surface area contributed by atoms with Gasteiger partial charge in [0, 0.05) is 12.8 Å². The normalized spacial score (nSPS) is 15.6. The number of carboxylic acid groups (broad SMARTS) is 1. The molecule has 0 saturated heterocycles. The maximum atomic E-state index is 13.6. The second-order valence-electron chi connectivity index (χ2n) is 10.1. The predicted molar refractivity (Wildman–Crippen MR) is 151 cm³/mol. The Morgan fingerprint density at radius 1 is 0.692 bits per heavy atom. The van der Waals surface area contributed by atoms with Crippen LogP contribution < -0.4 is 21.7 Å². The molecule has 9 nitrogen and oxygen atoms in total. The van der Waals surface area contributed by atoms with Crippen LogP contribution in [0.4, 0.5) is 0 Å². The first-order valence-electron chi connectivity index (χ1n) is 13.5. The number of nitrogens with one attached hydrogen (secondary N) is 3. The Morgan fingerprint density at radius 3 is 1.51 bits per heavy atom. The number of nitrogens with two attached hydrogens (primary N) is 1. The second kappa shape index (κ2) is 15.6.